The van der Waals surface area contributed by atoms with Crippen LogP contribution in [0.1, 0.15) is 59.7 Å². The van der Waals surface area contributed by atoms with Crippen molar-refractivity contribution >= 4 is 22.2 Å². The first kappa shape index (κ1) is 16.5. The Labute approximate surface area is 152 Å². The molecule has 132 valence electrons. The highest BCUT2D eigenvalue weighted by Crippen LogP contribution is 2.46. The summed E-state index contributed by atoms with van der Waals surface area (Å²) in [5.74, 6) is 0.858. The first-order valence-electron chi connectivity index (χ1n) is 8.84. The van der Waals surface area contributed by atoms with Gasteiger partial charge in [0.1, 0.15) is 16.9 Å². The van der Waals surface area contributed by atoms with Crippen molar-refractivity contribution in [2.75, 3.05) is 5.32 Å². The predicted octanol–water partition coefficient (Wildman–Crippen LogP) is 4.46. The molecular formula is C20H24N2O2S. The van der Waals surface area contributed by atoms with Gasteiger partial charge in [-0.15, -0.1) is 11.3 Å². The van der Waals surface area contributed by atoms with E-state index in [0.717, 1.165) is 35.4 Å². The van der Waals surface area contributed by atoms with Crippen LogP contribution >= 0.6 is 11.3 Å². The number of thiophene rings is 1. The summed E-state index contributed by atoms with van der Waals surface area (Å²) in [6.07, 6.45) is 2.88. The molecule has 4 nitrogen and oxygen atoms in total. The molecule has 1 amide bonds. The molecule has 1 aromatic heterocycles. The third-order valence-corrected chi connectivity index (χ3v) is 6.66. The van der Waals surface area contributed by atoms with Crippen molar-refractivity contribution in [2.24, 2.45) is 11.3 Å². The van der Waals surface area contributed by atoms with Crippen molar-refractivity contribution in [2.45, 2.75) is 46.2 Å². The van der Waals surface area contributed by atoms with E-state index < -0.39 is 0 Å². The zero-order valence-corrected chi connectivity index (χ0v) is 15.7. The molecule has 0 unspecified atom stereocenters. The zero-order chi connectivity index (χ0) is 17.8. The van der Waals surface area contributed by atoms with Gasteiger partial charge in [0.25, 0.3) is 5.91 Å². The molecule has 25 heavy (non-hydrogen) atoms. The third kappa shape index (κ3) is 2.91. The summed E-state index contributed by atoms with van der Waals surface area (Å²) in [4.78, 5) is 14.1. The molecule has 0 saturated carbocycles. The Morgan fingerprint density at radius 2 is 2.04 bits per heavy atom. The van der Waals surface area contributed by atoms with Crippen LogP contribution in [-0.4, -0.2) is 11.0 Å². The normalized spacial score (nSPS) is 22.6. The van der Waals surface area contributed by atoms with Crippen LogP contribution in [0.2, 0.25) is 0 Å². The molecule has 1 aromatic carbocycles. The number of anilines is 1. The highest BCUT2D eigenvalue weighted by molar-refractivity contribution is 7.16. The standard InChI is InChI=1S/C20H24N2O2S/c1-20(2,3)12-7-8-14-15(10-12)25-19-16(14)18(24)21-17(22-19)11-5-4-6-13(23)9-11/h4-6,9,12,17,22-23H,7-8,10H2,1-3H3,(H,21,24)/t12-,17-/m0/s1. The van der Waals surface area contributed by atoms with Crippen LogP contribution in [0.5, 0.6) is 5.75 Å². The molecule has 0 saturated heterocycles. The van der Waals surface area contributed by atoms with E-state index in [1.54, 1.807) is 29.5 Å². The lowest BCUT2D eigenvalue weighted by Gasteiger charge is -2.34. The van der Waals surface area contributed by atoms with Gasteiger partial charge in [0.15, 0.2) is 0 Å². The van der Waals surface area contributed by atoms with E-state index in [1.807, 2.05) is 6.07 Å². The molecule has 2 aromatic rings. The highest BCUT2D eigenvalue weighted by Gasteiger charge is 2.36. The SMILES string of the molecule is CC(C)(C)[C@H]1CCc2c(sc3c2C(=O)N[C@H](c2cccc(O)c2)N3)C1. The van der Waals surface area contributed by atoms with Crippen molar-refractivity contribution in [3.63, 3.8) is 0 Å². The van der Waals surface area contributed by atoms with Crippen molar-refractivity contribution in [1.82, 2.24) is 5.32 Å². The van der Waals surface area contributed by atoms with Gasteiger partial charge in [-0.3, -0.25) is 4.79 Å². The lowest BCUT2D eigenvalue weighted by Crippen LogP contribution is -2.38. The Bertz CT molecular complexity index is 835. The number of amides is 1. The molecule has 2 atom stereocenters. The van der Waals surface area contributed by atoms with Crippen LogP contribution in [0, 0.1) is 11.3 Å². The summed E-state index contributed by atoms with van der Waals surface area (Å²) in [6, 6.07) is 7.02. The van der Waals surface area contributed by atoms with E-state index in [1.165, 1.54) is 10.4 Å². The van der Waals surface area contributed by atoms with Gasteiger partial charge in [-0.25, -0.2) is 0 Å². The highest BCUT2D eigenvalue weighted by atomic mass is 32.1. The monoisotopic (exact) mass is 356 g/mol. The van der Waals surface area contributed by atoms with Gasteiger partial charge in [-0.1, -0.05) is 32.9 Å². The fourth-order valence-electron chi connectivity index (χ4n) is 3.91. The minimum absolute atomic E-state index is 0.00574. The molecule has 3 N–H and O–H groups in total. The van der Waals surface area contributed by atoms with E-state index >= 15 is 0 Å². The smallest absolute Gasteiger partial charge is 0.256 e. The second kappa shape index (κ2) is 5.77. The number of carbonyl (C=O) groups excluding carboxylic acids is 1. The summed E-state index contributed by atoms with van der Waals surface area (Å²) < 4.78 is 0. The number of hydrogen-bond acceptors (Lipinski definition) is 4. The number of rotatable bonds is 1. The molecule has 0 spiro atoms. The van der Waals surface area contributed by atoms with Gasteiger partial charge in [0.2, 0.25) is 0 Å². The van der Waals surface area contributed by atoms with Crippen LogP contribution < -0.4 is 10.6 Å². The van der Waals surface area contributed by atoms with Crippen molar-refractivity contribution in [3.8, 4) is 5.75 Å². The predicted molar refractivity (Wildman–Crippen MR) is 101 cm³/mol. The third-order valence-electron chi connectivity index (χ3n) is 5.47. The van der Waals surface area contributed by atoms with Crippen molar-refractivity contribution in [3.05, 3.63) is 45.8 Å². The largest absolute Gasteiger partial charge is 0.508 e. The minimum Gasteiger partial charge on any atom is -0.508 e. The number of nitrogens with one attached hydrogen (secondary N) is 2. The number of benzene rings is 1. The maximum Gasteiger partial charge on any atom is 0.256 e. The molecule has 2 aliphatic rings. The van der Waals surface area contributed by atoms with Crippen LogP contribution in [-0.2, 0) is 12.8 Å². The Balaban J connectivity index is 1.66. The van der Waals surface area contributed by atoms with Crippen LogP contribution in [0.3, 0.4) is 0 Å². The summed E-state index contributed by atoms with van der Waals surface area (Å²) in [6.45, 7) is 6.91. The van der Waals surface area contributed by atoms with Crippen LogP contribution in [0.4, 0.5) is 5.00 Å². The van der Waals surface area contributed by atoms with E-state index in [9.17, 15) is 9.90 Å². The summed E-state index contributed by atoms with van der Waals surface area (Å²) in [5, 5.41) is 17.2. The molecular weight excluding hydrogens is 332 g/mol. The molecule has 0 fully saturated rings. The van der Waals surface area contributed by atoms with Gasteiger partial charge in [-0.05, 0) is 53.9 Å². The molecule has 1 aliphatic carbocycles. The van der Waals surface area contributed by atoms with Crippen LogP contribution in [0.25, 0.3) is 0 Å². The maximum atomic E-state index is 12.8. The second-order valence-electron chi connectivity index (χ2n) is 8.16. The number of phenols is 1. The molecule has 2 heterocycles. The van der Waals surface area contributed by atoms with Gasteiger partial charge < -0.3 is 15.7 Å². The maximum absolute atomic E-state index is 12.8. The van der Waals surface area contributed by atoms with Gasteiger partial charge in [0.05, 0.1) is 5.56 Å². The lowest BCUT2D eigenvalue weighted by atomic mass is 9.72. The number of fused-ring (bicyclic) bond motifs is 3. The minimum atomic E-state index is -0.300. The summed E-state index contributed by atoms with van der Waals surface area (Å²) >= 11 is 1.73. The summed E-state index contributed by atoms with van der Waals surface area (Å²) in [7, 11) is 0. The Hall–Kier alpha value is -2.01. The Kier molecular flexibility index (Phi) is 3.80. The topological polar surface area (TPSA) is 61.4 Å². The van der Waals surface area contributed by atoms with E-state index in [2.05, 4.69) is 31.4 Å². The molecule has 0 radical (unpaired) electrons. The van der Waals surface area contributed by atoms with Gasteiger partial charge >= 0.3 is 0 Å². The fraction of sp³-hybridized carbons (Fsp3) is 0.450. The molecule has 4 rings (SSSR count). The first-order valence-corrected chi connectivity index (χ1v) is 9.65. The number of carbonyl (C=O) groups is 1. The van der Waals surface area contributed by atoms with Gasteiger partial charge in [0, 0.05) is 4.88 Å². The number of hydrogen-bond donors (Lipinski definition) is 3. The molecule has 0 bridgehead atoms. The van der Waals surface area contributed by atoms with Crippen LogP contribution in [0.15, 0.2) is 24.3 Å². The average molecular weight is 356 g/mol. The van der Waals surface area contributed by atoms with E-state index in [0.29, 0.717) is 11.3 Å². The number of phenolic OH excluding ortho intramolecular Hbond substituents is 1. The summed E-state index contributed by atoms with van der Waals surface area (Å²) in [5.41, 5.74) is 3.23. The van der Waals surface area contributed by atoms with Crippen molar-refractivity contribution < 1.29 is 9.90 Å². The second-order valence-corrected chi connectivity index (χ2v) is 9.26. The van der Waals surface area contributed by atoms with Crippen molar-refractivity contribution in [1.29, 1.82) is 0 Å². The number of aromatic hydroxyl groups is 1. The zero-order valence-electron chi connectivity index (χ0n) is 14.8. The molecule has 1 aliphatic heterocycles. The van der Waals surface area contributed by atoms with E-state index in [4.69, 9.17) is 0 Å². The lowest BCUT2D eigenvalue weighted by molar-refractivity contribution is 0.0934. The van der Waals surface area contributed by atoms with E-state index in [-0.39, 0.29) is 17.8 Å². The Morgan fingerprint density at radius 3 is 2.76 bits per heavy atom. The Morgan fingerprint density at radius 1 is 1.24 bits per heavy atom. The average Bonchev–Trinajstić information content (AvgIpc) is 2.92. The quantitative estimate of drug-likeness (QED) is 0.707. The molecule has 5 heteroatoms. The first-order chi connectivity index (χ1) is 11.8. The fourth-order valence-corrected chi connectivity index (χ4v) is 5.26. The van der Waals surface area contributed by atoms with Gasteiger partial charge in [-0.2, -0.15) is 0 Å².